The Morgan fingerprint density at radius 1 is 1.42 bits per heavy atom. The summed E-state index contributed by atoms with van der Waals surface area (Å²) in [5.41, 5.74) is 3.47. The Labute approximate surface area is 114 Å². The van der Waals surface area contributed by atoms with Gasteiger partial charge in [0.25, 0.3) is 0 Å². The first-order valence-corrected chi connectivity index (χ1v) is 7.35. The molecular weight excluding hydrogens is 236 g/mol. The number of nitrogens with one attached hydrogen (secondary N) is 2. The summed E-state index contributed by atoms with van der Waals surface area (Å²) in [7, 11) is 0. The van der Waals surface area contributed by atoms with E-state index >= 15 is 0 Å². The molecule has 1 aromatic rings. The molecule has 1 amide bonds. The van der Waals surface area contributed by atoms with Gasteiger partial charge in [0.15, 0.2) is 0 Å². The van der Waals surface area contributed by atoms with Gasteiger partial charge in [-0.1, -0.05) is 26.0 Å². The molecule has 2 aliphatic rings. The van der Waals surface area contributed by atoms with Crippen LogP contribution in [0.4, 0.5) is 5.69 Å². The summed E-state index contributed by atoms with van der Waals surface area (Å²) in [4.78, 5) is 11.4. The monoisotopic (exact) mass is 258 g/mol. The fourth-order valence-corrected chi connectivity index (χ4v) is 3.16. The van der Waals surface area contributed by atoms with Gasteiger partial charge < -0.3 is 10.6 Å². The smallest absolute Gasteiger partial charge is 0.228 e. The minimum Gasteiger partial charge on any atom is -0.326 e. The number of fused-ring (bicyclic) bond motifs is 1. The Morgan fingerprint density at radius 3 is 2.89 bits per heavy atom. The maximum absolute atomic E-state index is 11.4. The Bertz CT molecular complexity index is 494. The third-order valence-corrected chi connectivity index (χ3v) is 4.43. The molecule has 3 nitrogen and oxygen atoms in total. The summed E-state index contributed by atoms with van der Waals surface area (Å²) in [5.74, 6) is 1.66. The molecular formula is C16H22N2O. The van der Waals surface area contributed by atoms with Crippen molar-refractivity contribution < 1.29 is 4.79 Å². The molecule has 2 unspecified atom stereocenters. The van der Waals surface area contributed by atoms with E-state index < -0.39 is 0 Å². The van der Waals surface area contributed by atoms with Crippen molar-refractivity contribution >= 4 is 11.6 Å². The maximum atomic E-state index is 11.4. The van der Waals surface area contributed by atoms with Crippen molar-refractivity contribution in [2.24, 2.45) is 11.8 Å². The van der Waals surface area contributed by atoms with E-state index in [4.69, 9.17) is 0 Å². The number of carbonyl (C=O) groups is 1. The maximum Gasteiger partial charge on any atom is 0.228 e. The second-order valence-corrected chi connectivity index (χ2v) is 5.87. The van der Waals surface area contributed by atoms with E-state index in [9.17, 15) is 4.79 Å². The molecule has 3 heteroatoms. The van der Waals surface area contributed by atoms with E-state index in [0.717, 1.165) is 23.7 Å². The number of anilines is 1. The lowest BCUT2D eigenvalue weighted by molar-refractivity contribution is -0.115. The van der Waals surface area contributed by atoms with Crippen LogP contribution in [0, 0.1) is 11.8 Å². The van der Waals surface area contributed by atoms with Crippen LogP contribution in [0.25, 0.3) is 0 Å². The van der Waals surface area contributed by atoms with Gasteiger partial charge in [0.1, 0.15) is 0 Å². The zero-order valence-corrected chi connectivity index (χ0v) is 11.7. The van der Waals surface area contributed by atoms with Crippen molar-refractivity contribution in [3.63, 3.8) is 0 Å². The lowest BCUT2D eigenvalue weighted by Crippen LogP contribution is -2.28. The van der Waals surface area contributed by atoms with Gasteiger partial charge in [-0.2, -0.15) is 0 Å². The minimum atomic E-state index is 0.113. The number of hydrogen-bond donors (Lipinski definition) is 2. The fourth-order valence-electron chi connectivity index (χ4n) is 3.16. The number of benzene rings is 1. The molecule has 0 aromatic heterocycles. The van der Waals surface area contributed by atoms with Gasteiger partial charge in [-0.25, -0.2) is 0 Å². The molecule has 1 fully saturated rings. The van der Waals surface area contributed by atoms with Crippen LogP contribution in [0.3, 0.4) is 0 Å². The average molecular weight is 258 g/mol. The Morgan fingerprint density at radius 2 is 2.21 bits per heavy atom. The molecule has 3 rings (SSSR count). The van der Waals surface area contributed by atoms with Gasteiger partial charge in [0, 0.05) is 11.7 Å². The van der Waals surface area contributed by atoms with E-state index in [-0.39, 0.29) is 5.91 Å². The Hall–Kier alpha value is -1.35. The zero-order chi connectivity index (χ0) is 13.4. The van der Waals surface area contributed by atoms with Crippen LogP contribution in [0.2, 0.25) is 0 Å². The molecule has 0 radical (unpaired) electrons. The van der Waals surface area contributed by atoms with Crippen LogP contribution < -0.4 is 10.6 Å². The Kier molecular flexibility index (Phi) is 3.31. The van der Waals surface area contributed by atoms with E-state index in [2.05, 4.69) is 42.7 Å². The standard InChI is InChI=1S/C16H22N2O/c1-3-17-16(10(2)11-4-5-11)12-6-7-14-13(8-12)9-15(19)18-14/h6-8,10-11,16-17H,3-5,9H2,1-2H3,(H,18,19). The summed E-state index contributed by atoms with van der Waals surface area (Å²) in [6.07, 6.45) is 3.27. The Balaban J connectivity index is 1.86. The topological polar surface area (TPSA) is 41.1 Å². The van der Waals surface area contributed by atoms with Gasteiger partial charge >= 0.3 is 0 Å². The first-order chi connectivity index (χ1) is 9.19. The van der Waals surface area contributed by atoms with E-state index in [1.54, 1.807) is 0 Å². The summed E-state index contributed by atoms with van der Waals surface area (Å²) in [6, 6.07) is 6.84. The highest BCUT2D eigenvalue weighted by Crippen LogP contribution is 2.43. The third kappa shape index (κ3) is 2.52. The van der Waals surface area contributed by atoms with Crippen LogP contribution >= 0.6 is 0 Å². The second-order valence-electron chi connectivity index (χ2n) is 5.87. The molecule has 2 N–H and O–H groups in total. The van der Waals surface area contributed by atoms with Crippen molar-refractivity contribution in [2.75, 3.05) is 11.9 Å². The van der Waals surface area contributed by atoms with Gasteiger partial charge in [-0.3, -0.25) is 4.79 Å². The number of hydrogen-bond acceptors (Lipinski definition) is 2. The molecule has 1 aliphatic carbocycles. The highest BCUT2D eigenvalue weighted by molar-refractivity contribution is 5.99. The predicted molar refractivity (Wildman–Crippen MR) is 77.1 cm³/mol. The molecule has 1 saturated carbocycles. The fraction of sp³-hybridized carbons (Fsp3) is 0.562. The molecule has 0 spiro atoms. The summed E-state index contributed by atoms with van der Waals surface area (Å²) in [5, 5.41) is 6.52. The zero-order valence-electron chi connectivity index (χ0n) is 11.7. The highest BCUT2D eigenvalue weighted by atomic mass is 16.1. The van der Waals surface area contributed by atoms with Crippen molar-refractivity contribution in [1.29, 1.82) is 0 Å². The number of rotatable bonds is 5. The van der Waals surface area contributed by atoms with Gasteiger partial charge in [-0.15, -0.1) is 0 Å². The van der Waals surface area contributed by atoms with Crippen molar-refractivity contribution in [2.45, 2.75) is 39.2 Å². The molecule has 2 atom stereocenters. The molecule has 1 heterocycles. The van der Waals surface area contributed by atoms with Crippen molar-refractivity contribution in [3.8, 4) is 0 Å². The van der Waals surface area contributed by atoms with Crippen LogP contribution in [0.15, 0.2) is 18.2 Å². The predicted octanol–water partition coefficient (Wildman–Crippen LogP) is 2.88. The molecule has 0 saturated heterocycles. The lowest BCUT2D eigenvalue weighted by atomic mass is 9.89. The van der Waals surface area contributed by atoms with Gasteiger partial charge in [0.05, 0.1) is 6.42 Å². The molecule has 19 heavy (non-hydrogen) atoms. The quantitative estimate of drug-likeness (QED) is 0.852. The average Bonchev–Trinajstić information content (AvgIpc) is 3.16. The van der Waals surface area contributed by atoms with E-state index in [0.29, 0.717) is 18.4 Å². The van der Waals surface area contributed by atoms with E-state index in [1.807, 2.05) is 0 Å². The van der Waals surface area contributed by atoms with E-state index in [1.165, 1.54) is 18.4 Å². The number of carbonyl (C=O) groups excluding carboxylic acids is 1. The SMILES string of the molecule is CCNC(c1ccc2c(c1)CC(=O)N2)C(C)C1CC1. The lowest BCUT2D eigenvalue weighted by Gasteiger charge is -2.25. The summed E-state index contributed by atoms with van der Waals surface area (Å²) >= 11 is 0. The second kappa shape index (κ2) is 4.97. The molecule has 0 bridgehead atoms. The molecule has 102 valence electrons. The van der Waals surface area contributed by atoms with Crippen LogP contribution in [-0.2, 0) is 11.2 Å². The van der Waals surface area contributed by atoms with Gasteiger partial charge in [0.2, 0.25) is 5.91 Å². The van der Waals surface area contributed by atoms with Crippen LogP contribution in [0.5, 0.6) is 0 Å². The van der Waals surface area contributed by atoms with Crippen LogP contribution in [0.1, 0.15) is 43.9 Å². The molecule has 1 aromatic carbocycles. The highest BCUT2D eigenvalue weighted by Gasteiger charge is 2.34. The summed E-state index contributed by atoms with van der Waals surface area (Å²) in [6.45, 7) is 5.49. The minimum absolute atomic E-state index is 0.113. The van der Waals surface area contributed by atoms with Crippen molar-refractivity contribution in [1.82, 2.24) is 5.32 Å². The third-order valence-electron chi connectivity index (χ3n) is 4.43. The van der Waals surface area contributed by atoms with Crippen molar-refractivity contribution in [3.05, 3.63) is 29.3 Å². The largest absolute Gasteiger partial charge is 0.326 e. The van der Waals surface area contributed by atoms with Gasteiger partial charge in [-0.05, 0) is 48.4 Å². The van der Waals surface area contributed by atoms with Crippen LogP contribution in [-0.4, -0.2) is 12.5 Å². The first-order valence-electron chi connectivity index (χ1n) is 7.35. The normalized spacial score (nSPS) is 20.8. The molecule has 1 aliphatic heterocycles. The summed E-state index contributed by atoms with van der Waals surface area (Å²) < 4.78 is 0. The first kappa shape index (κ1) is 12.7. The number of amides is 1.